The van der Waals surface area contributed by atoms with E-state index in [0.717, 1.165) is 29.2 Å². The number of fused-ring (bicyclic) bond motifs is 1. The van der Waals surface area contributed by atoms with Crippen LogP contribution in [0.3, 0.4) is 0 Å². The van der Waals surface area contributed by atoms with Crippen molar-refractivity contribution in [2.45, 2.75) is 23.4 Å². The van der Waals surface area contributed by atoms with Crippen LogP contribution < -0.4 is 10.6 Å². The number of carbonyl (C=O) groups excluding carboxylic acids is 2. The predicted molar refractivity (Wildman–Crippen MR) is 151 cm³/mol. The number of morpholine rings is 1. The summed E-state index contributed by atoms with van der Waals surface area (Å²) in [6, 6.07) is 13.4. The summed E-state index contributed by atoms with van der Waals surface area (Å²) in [5, 5.41) is 14.0. The Balaban J connectivity index is 1.03. The van der Waals surface area contributed by atoms with Crippen LogP contribution in [-0.2, 0) is 14.3 Å². The number of ether oxygens (including phenoxy) is 1. The van der Waals surface area contributed by atoms with Crippen LogP contribution in [0, 0.1) is 12.8 Å². The van der Waals surface area contributed by atoms with Crippen LogP contribution in [0.2, 0.25) is 0 Å². The van der Waals surface area contributed by atoms with E-state index < -0.39 is 0 Å². The topological polar surface area (TPSA) is 133 Å². The number of hydrogen-bond donors (Lipinski definition) is 3. The van der Waals surface area contributed by atoms with Crippen molar-refractivity contribution in [1.82, 2.24) is 34.4 Å². The van der Waals surface area contributed by atoms with Crippen LogP contribution in [-0.4, -0.2) is 92.1 Å². The first-order valence-corrected chi connectivity index (χ1v) is 14.1. The molecule has 4 aromatic rings. The Kier molecular flexibility index (Phi) is 7.66. The molecule has 0 aliphatic carbocycles. The first-order valence-electron chi connectivity index (χ1n) is 13.3. The molecule has 40 heavy (non-hydrogen) atoms. The molecule has 3 N–H and O–H groups in total. The number of anilines is 3. The zero-order valence-corrected chi connectivity index (χ0v) is 23.0. The summed E-state index contributed by atoms with van der Waals surface area (Å²) in [7, 11) is 0. The molecule has 2 saturated heterocycles. The Morgan fingerprint density at radius 2 is 1.95 bits per heavy atom. The highest BCUT2D eigenvalue weighted by molar-refractivity contribution is 7.99. The van der Waals surface area contributed by atoms with Gasteiger partial charge in [0.2, 0.25) is 17.8 Å². The van der Waals surface area contributed by atoms with Gasteiger partial charge in [0.05, 0.1) is 25.7 Å². The molecule has 208 valence electrons. The number of nitrogens with zero attached hydrogens (tertiary/aromatic N) is 6. The first kappa shape index (κ1) is 26.3. The third-order valence-electron chi connectivity index (χ3n) is 6.97. The number of aromatic amines is 1. The summed E-state index contributed by atoms with van der Waals surface area (Å²) >= 11 is 1.44. The second-order valence-electron chi connectivity index (χ2n) is 9.96. The van der Waals surface area contributed by atoms with Gasteiger partial charge in [0.15, 0.2) is 11.0 Å². The Morgan fingerprint density at radius 1 is 1.12 bits per heavy atom. The smallest absolute Gasteiger partial charge is 0.238 e. The molecule has 0 radical (unpaired) electrons. The molecule has 0 spiro atoms. The number of aryl methyl sites for hydroxylation is 1. The van der Waals surface area contributed by atoms with E-state index in [1.54, 1.807) is 0 Å². The number of carbonyl (C=O) groups is 2. The molecule has 13 heteroatoms. The fourth-order valence-electron chi connectivity index (χ4n) is 4.98. The van der Waals surface area contributed by atoms with Crippen molar-refractivity contribution in [3.63, 3.8) is 0 Å². The predicted octanol–water partition coefficient (Wildman–Crippen LogP) is 2.77. The van der Waals surface area contributed by atoms with Gasteiger partial charge in [-0.05, 0) is 68.0 Å². The minimum absolute atomic E-state index is 0.0467. The number of H-pyrrole nitrogens is 1. The van der Waals surface area contributed by atoms with E-state index in [0.29, 0.717) is 55.5 Å². The van der Waals surface area contributed by atoms with Gasteiger partial charge in [-0.3, -0.25) is 24.0 Å². The molecule has 1 atom stereocenters. The number of amides is 2. The lowest BCUT2D eigenvalue weighted by Crippen LogP contribution is -2.44. The molecule has 5 heterocycles. The summed E-state index contributed by atoms with van der Waals surface area (Å²) in [5.41, 5.74) is 2.44. The minimum Gasteiger partial charge on any atom is -0.378 e. The third-order valence-corrected chi connectivity index (χ3v) is 7.84. The number of hydrogen-bond acceptors (Lipinski definition) is 9. The molecule has 2 amide bonds. The van der Waals surface area contributed by atoms with E-state index >= 15 is 0 Å². The average Bonchev–Trinajstić information content (AvgIpc) is 3.72. The molecule has 1 unspecified atom stereocenters. The van der Waals surface area contributed by atoms with Crippen LogP contribution >= 0.6 is 11.8 Å². The largest absolute Gasteiger partial charge is 0.378 e. The normalized spacial score (nSPS) is 17.8. The third kappa shape index (κ3) is 6.11. The van der Waals surface area contributed by atoms with Crippen molar-refractivity contribution in [2.24, 2.45) is 5.92 Å². The van der Waals surface area contributed by atoms with E-state index in [1.807, 2.05) is 69.8 Å². The number of aromatic nitrogens is 5. The van der Waals surface area contributed by atoms with Gasteiger partial charge in [-0.15, -0.1) is 0 Å². The Morgan fingerprint density at radius 3 is 2.73 bits per heavy atom. The molecular formula is C27H31N9O3S. The molecule has 2 aliphatic heterocycles. The van der Waals surface area contributed by atoms with Crippen molar-refractivity contribution < 1.29 is 14.3 Å². The number of rotatable bonds is 8. The van der Waals surface area contributed by atoms with Gasteiger partial charge < -0.3 is 20.3 Å². The van der Waals surface area contributed by atoms with Crippen LogP contribution in [0.25, 0.3) is 5.65 Å². The highest BCUT2D eigenvalue weighted by Gasteiger charge is 2.32. The molecule has 0 bridgehead atoms. The lowest BCUT2D eigenvalue weighted by Gasteiger charge is -2.29. The van der Waals surface area contributed by atoms with E-state index in [2.05, 4.69) is 25.8 Å². The van der Waals surface area contributed by atoms with Gasteiger partial charge in [0.1, 0.15) is 5.65 Å². The number of likely N-dealkylation sites (tertiary alicyclic amines) is 1. The molecule has 0 saturated carbocycles. The summed E-state index contributed by atoms with van der Waals surface area (Å²) in [5.74, 6) is 1.33. The second-order valence-corrected chi connectivity index (χ2v) is 11.0. The van der Waals surface area contributed by atoms with Crippen LogP contribution in [0.5, 0.6) is 0 Å². The first-order chi connectivity index (χ1) is 19.5. The fourth-order valence-corrected chi connectivity index (χ4v) is 5.73. The van der Waals surface area contributed by atoms with Crippen molar-refractivity contribution in [1.29, 1.82) is 0 Å². The van der Waals surface area contributed by atoms with E-state index in [9.17, 15) is 9.59 Å². The molecule has 2 fully saturated rings. The van der Waals surface area contributed by atoms with Gasteiger partial charge in [-0.2, -0.15) is 10.1 Å². The maximum absolute atomic E-state index is 12.8. The Hall–Kier alpha value is -3.94. The van der Waals surface area contributed by atoms with Crippen LogP contribution in [0.4, 0.5) is 17.5 Å². The standard InChI is InChI=1S/C27H31N9O3S/c1-18-15-22(33-32-18)29-26-31-27(30-23-3-2-9-36(23)26)40-21-6-4-20(5-7-21)28-24(37)17-34-10-8-19(16-34)25(38)35-11-13-39-14-12-35/h2-7,9,15,19H,8,10-14,16-17H2,1H3,(H,28,37)(H2,29,30,31,32,33). The summed E-state index contributed by atoms with van der Waals surface area (Å²) in [6.45, 7) is 6.06. The maximum Gasteiger partial charge on any atom is 0.238 e. The van der Waals surface area contributed by atoms with E-state index in [1.165, 1.54) is 11.8 Å². The van der Waals surface area contributed by atoms with Gasteiger partial charge in [-0.25, -0.2) is 4.98 Å². The lowest BCUT2D eigenvalue weighted by molar-refractivity contribution is -0.139. The fraction of sp³-hybridized carbons (Fsp3) is 0.370. The molecule has 2 aliphatic rings. The molecule has 3 aromatic heterocycles. The number of benzene rings is 1. The zero-order valence-electron chi connectivity index (χ0n) is 22.2. The Bertz CT molecular complexity index is 1500. The molecule has 1 aromatic carbocycles. The summed E-state index contributed by atoms with van der Waals surface area (Å²) in [4.78, 5) is 39.7. The quantitative estimate of drug-likeness (QED) is 0.297. The van der Waals surface area contributed by atoms with E-state index in [-0.39, 0.29) is 24.3 Å². The van der Waals surface area contributed by atoms with E-state index in [4.69, 9.17) is 9.72 Å². The maximum atomic E-state index is 12.8. The summed E-state index contributed by atoms with van der Waals surface area (Å²) in [6.07, 6.45) is 2.68. The second kappa shape index (κ2) is 11.7. The van der Waals surface area contributed by atoms with Crippen molar-refractivity contribution in [3.05, 3.63) is 54.4 Å². The minimum atomic E-state index is -0.0915. The van der Waals surface area contributed by atoms with Gasteiger partial charge >= 0.3 is 0 Å². The molecule has 12 nitrogen and oxygen atoms in total. The SMILES string of the molecule is Cc1cc(Nc2nc(Sc3ccc(NC(=O)CN4CCC(C(=O)N5CCOCC5)C4)cc3)nc3cccn23)n[nH]1. The molecular weight excluding hydrogens is 530 g/mol. The monoisotopic (exact) mass is 561 g/mol. The van der Waals surface area contributed by atoms with Gasteiger partial charge in [0, 0.05) is 48.2 Å². The van der Waals surface area contributed by atoms with Crippen molar-refractivity contribution in [2.75, 3.05) is 56.6 Å². The molecule has 6 rings (SSSR count). The van der Waals surface area contributed by atoms with Crippen LogP contribution in [0.1, 0.15) is 12.1 Å². The van der Waals surface area contributed by atoms with Crippen molar-refractivity contribution >= 4 is 46.7 Å². The number of nitrogens with one attached hydrogen (secondary N) is 3. The average molecular weight is 562 g/mol. The zero-order chi connectivity index (χ0) is 27.5. The lowest BCUT2D eigenvalue weighted by atomic mass is 10.1. The highest BCUT2D eigenvalue weighted by Crippen LogP contribution is 2.28. The van der Waals surface area contributed by atoms with Gasteiger partial charge in [0.25, 0.3) is 0 Å². The van der Waals surface area contributed by atoms with Crippen LogP contribution in [0.15, 0.2) is 58.7 Å². The Labute approximate surface area is 235 Å². The highest BCUT2D eigenvalue weighted by atomic mass is 32.2. The van der Waals surface area contributed by atoms with Gasteiger partial charge in [-0.1, -0.05) is 0 Å². The summed E-state index contributed by atoms with van der Waals surface area (Å²) < 4.78 is 7.22. The van der Waals surface area contributed by atoms with Crippen molar-refractivity contribution in [3.8, 4) is 0 Å².